The zero-order valence-corrected chi connectivity index (χ0v) is 12.6. The van der Waals surface area contributed by atoms with Crippen molar-refractivity contribution in [1.82, 2.24) is 3.97 Å². The van der Waals surface area contributed by atoms with E-state index in [0.29, 0.717) is 5.56 Å². The van der Waals surface area contributed by atoms with E-state index in [1.165, 1.54) is 37.6 Å². The summed E-state index contributed by atoms with van der Waals surface area (Å²) in [6.45, 7) is 5.43. The van der Waals surface area contributed by atoms with Crippen LogP contribution in [0.1, 0.15) is 21.6 Å². The van der Waals surface area contributed by atoms with Crippen molar-refractivity contribution in [3.8, 4) is 0 Å². The summed E-state index contributed by atoms with van der Waals surface area (Å²) in [5.41, 5.74) is 1.28. The van der Waals surface area contributed by atoms with Crippen molar-refractivity contribution in [3.63, 3.8) is 0 Å². The van der Waals surface area contributed by atoms with Crippen molar-refractivity contribution in [2.24, 2.45) is 0 Å². The van der Waals surface area contributed by atoms with Gasteiger partial charge in [0.25, 0.3) is 10.0 Å². The van der Waals surface area contributed by atoms with Crippen LogP contribution in [0.5, 0.6) is 0 Å². The Labute approximate surface area is 123 Å². The number of carbonyl (C=O) groups excluding carboxylic acids is 1. The maximum Gasteiger partial charge on any atom is 0.356 e. The molecule has 110 valence electrons. The Bertz CT molecular complexity index is 786. The molecule has 0 N–H and O–H groups in total. The first kappa shape index (κ1) is 15.1. The van der Waals surface area contributed by atoms with Crippen molar-refractivity contribution in [3.05, 3.63) is 59.9 Å². The molecule has 0 radical (unpaired) electrons. The van der Waals surface area contributed by atoms with Gasteiger partial charge in [0.1, 0.15) is 5.69 Å². The van der Waals surface area contributed by atoms with Crippen molar-refractivity contribution in [2.75, 3.05) is 7.11 Å². The average Bonchev–Trinajstić information content (AvgIpc) is 2.91. The largest absolute Gasteiger partial charge is 0.464 e. The summed E-state index contributed by atoms with van der Waals surface area (Å²) in [6.07, 6.45) is 2.73. The van der Waals surface area contributed by atoms with E-state index < -0.39 is 16.0 Å². The lowest BCUT2D eigenvalue weighted by molar-refractivity contribution is 0.0592. The Kier molecular flexibility index (Phi) is 3.99. The van der Waals surface area contributed by atoms with Crippen LogP contribution in [0.4, 0.5) is 0 Å². The summed E-state index contributed by atoms with van der Waals surface area (Å²) in [5, 5.41) is 0. The van der Waals surface area contributed by atoms with Gasteiger partial charge in [-0.2, -0.15) is 0 Å². The van der Waals surface area contributed by atoms with Crippen molar-refractivity contribution >= 4 is 22.1 Å². The predicted octanol–water partition coefficient (Wildman–Crippen LogP) is 2.46. The van der Waals surface area contributed by atoms with Crippen LogP contribution in [0.2, 0.25) is 0 Å². The van der Waals surface area contributed by atoms with Crippen LogP contribution in [0, 0.1) is 6.92 Å². The lowest BCUT2D eigenvalue weighted by atomic mass is 10.2. The number of esters is 1. The van der Waals surface area contributed by atoms with Gasteiger partial charge >= 0.3 is 5.97 Å². The summed E-state index contributed by atoms with van der Waals surface area (Å²) < 4.78 is 30.8. The van der Waals surface area contributed by atoms with Crippen LogP contribution < -0.4 is 0 Å². The van der Waals surface area contributed by atoms with Crippen LogP contribution >= 0.6 is 0 Å². The third-order valence-electron chi connectivity index (χ3n) is 3.06. The van der Waals surface area contributed by atoms with Gasteiger partial charge < -0.3 is 4.74 Å². The molecule has 0 saturated carbocycles. The van der Waals surface area contributed by atoms with Gasteiger partial charge in [-0.25, -0.2) is 17.2 Å². The standard InChI is InChI=1S/C15H15NO4S/c1-4-12-9-10-16(14(12)15(17)20-3)21(18,19)13-7-5-11(2)6-8-13/h4-10H,1H2,2-3H3. The van der Waals surface area contributed by atoms with E-state index in [2.05, 4.69) is 11.3 Å². The van der Waals surface area contributed by atoms with Gasteiger partial charge in [-0.05, 0) is 25.1 Å². The minimum absolute atomic E-state index is 0.0620. The van der Waals surface area contributed by atoms with Crippen LogP contribution in [0.3, 0.4) is 0 Å². The maximum atomic E-state index is 12.6. The fraction of sp³-hybridized carbons (Fsp3) is 0.133. The topological polar surface area (TPSA) is 65.4 Å². The minimum atomic E-state index is -3.86. The molecule has 0 spiro atoms. The second-order valence-corrected chi connectivity index (χ2v) is 6.24. The molecule has 0 atom stereocenters. The zero-order chi connectivity index (χ0) is 15.6. The number of aryl methyl sites for hydroxylation is 1. The van der Waals surface area contributed by atoms with E-state index in [1.807, 2.05) is 6.92 Å². The number of ether oxygens (including phenoxy) is 1. The van der Waals surface area contributed by atoms with Crippen molar-refractivity contribution in [2.45, 2.75) is 11.8 Å². The SMILES string of the molecule is C=Cc1ccn(S(=O)(=O)c2ccc(C)cc2)c1C(=O)OC. The number of rotatable bonds is 4. The highest BCUT2D eigenvalue weighted by molar-refractivity contribution is 7.90. The predicted molar refractivity (Wildman–Crippen MR) is 79.6 cm³/mol. The first-order chi connectivity index (χ1) is 9.91. The molecular weight excluding hydrogens is 290 g/mol. The maximum absolute atomic E-state index is 12.6. The molecule has 5 nitrogen and oxygen atoms in total. The van der Waals surface area contributed by atoms with E-state index in [9.17, 15) is 13.2 Å². The molecule has 0 unspecified atom stereocenters. The molecule has 0 aliphatic carbocycles. The molecule has 1 aromatic heterocycles. The Morgan fingerprint density at radius 2 is 1.86 bits per heavy atom. The lowest BCUT2D eigenvalue weighted by Gasteiger charge is -2.10. The number of aromatic nitrogens is 1. The fourth-order valence-electron chi connectivity index (χ4n) is 1.92. The summed E-state index contributed by atoms with van der Waals surface area (Å²) in [6, 6.07) is 7.90. The second-order valence-electron chi connectivity index (χ2n) is 4.43. The highest BCUT2D eigenvalue weighted by atomic mass is 32.2. The van der Waals surface area contributed by atoms with E-state index in [-0.39, 0.29) is 10.6 Å². The summed E-state index contributed by atoms with van der Waals surface area (Å²) >= 11 is 0. The molecule has 0 fully saturated rings. The Morgan fingerprint density at radius 1 is 1.24 bits per heavy atom. The molecule has 2 rings (SSSR count). The first-order valence-corrected chi connectivity index (χ1v) is 7.60. The van der Waals surface area contributed by atoms with Crippen LogP contribution in [-0.2, 0) is 14.8 Å². The lowest BCUT2D eigenvalue weighted by Crippen LogP contribution is -2.19. The Hall–Kier alpha value is -2.34. The van der Waals surface area contributed by atoms with Gasteiger partial charge in [-0.1, -0.05) is 30.4 Å². The molecule has 1 aromatic carbocycles. The highest BCUT2D eigenvalue weighted by Crippen LogP contribution is 2.21. The summed E-state index contributed by atoms with van der Waals surface area (Å²) in [5.74, 6) is -0.731. The van der Waals surface area contributed by atoms with Gasteiger partial charge in [0.2, 0.25) is 0 Å². The van der Waals surface area contributed by atoms with Crippen LogP contribution in [0.25, 0.3) is 6.08 Å². The average molecular weight is 305 g/mol. The van der Waals surface area contributed by atoms with E-state index in [1.54, 1.807) is 12.1 Å². The van der Waals surface area contributed by atoms with Gasteiger partial charge in [-0.15, -0.1) is 0 Å². The molecular formula is C15H15NO4S. The van der Waals surface area contributed by atoms with Crippen LogP contribution in [0.15, 0.2) is 48.0 Å². The van der Waals surface area contributed by atoms with Crippen LogP contribution in [-0.4, -0.2) is 25.5 Å². The van der Waals surface area contributed by atoms with Gasteiger partial charge in [0.05, 0.1) is 12.0 Å². The monoisotopic (exact) mass is 305 g/mol. The van der Waals surface area contributed by atoms with Gasteiger partial charge in [0.15, 0.2) is 0 Å². The molecule has 0 bridgehead atoms. The summed E-state index contributed by atoms with van der Waals surface area (Å²) in [7, 11) is -2.66. The molecule has 0 amide bonds. The van der Waals surface area contributed by atoms with Gasteiger partial charge in [-0.3, -0.25) is 0 Å². The molecule has 1 heterocycles. The third kappa shape index (κ3) is 2.62. The molecule has 0 aliphatic heterocycles. The van der Waals surface area contributed by atoms with Crippen molar-refractivity contribution < 1.29 is 17.9 Å². The third-order valence-corrected chi connectivity index (χ3v) is 4.75. The smallest absolute Gasteiger partial charge is 0.356 e. The molecule has 0 aliphatic rings. The molecule has 2 aromatic rings. The highest BCUT2D eigenvalue weighted by Gasteiger charge is 2.25. The van der Waals surface area contributed by atoms with Gasteiger partial charge in [0, 0.05) is 11.8 Å². The zero-order valence-electron chi connectivity index (χ0n) is 11.7. The fourth-order valence-corrected chi connectivity index (χ4v) is 3.27. The second kappa shape index (κ2) is 5.57. The first-order valence-electron chi connectivity index (χ1n) is 6.16. The normalized spacial score (nSPS) is 11.1. The minimum Gasteiger partial charge on any atom is -0.464 e. The van der Waals surface area contributed by atoms with E-state index >= 15 is 0 Å². The number of hydrogen-bond donors (Lipinski definition) is 0. The quantitative estimate of drug-likeness (QED) is 0.814. The number of carbonyl (C=O) groups is 1. The Morgan fingerprint density at radius 3 is 2.38 bits per heavy atom. The molecule has 6 heteroatoms. The summed E-state index contributed by atoms with van der Waals surface area (Å²) in [4.78, 5) is 12.0. The molecule has 0 saturated heterocycles. The molecule has 21 heavy (non-hydrogen) atoms. The van der Waals surface area contributed by atoms with E-state index in [0.717, 1.165) is 9.54 Å². The number of benzene rings is 1. The number of hydrogen-bond acceptors (Lipinski definition) is 4. The van der Waals surface area contributed by atoms with E-state index in [4.69, 9.17) is 0 Å². The number of nitrogens with zero attached hydrogens (tertiary/aromatic N) is 1. The van der Waals surface area contributed by atoms with Crippen molar-refractivity contribution in [1.29, 1.82) is 0 Å². The number of methoxy groups -OCH3 is 1. The Balaban J connectivity index is 2.65.